The lowest BCUT2D eigenvalue weighted by Gasteiger charge is -2.01. The van der Waals surface area contributed by atoms with E-state index in [0.717, 1.165) is 25.0 Å². The monoisotopic (exact) mass is 160 g/mol. The van der Waals surface area contributed by atoms with Gasteiger partial charge >= 0.3 is 0 Å². The summed E-state index contributed by atoms with van der Waals surface area (Å²) in [5, 5.41) is 7.62. The maximum absolute atomic E-state index is 7.62. The third kappa shape index (κ3) is 2.87. The Balaban J connectivity index is 2.47. The number of hydrogen-bond donors (Lipinski definition) is 1. The molecule has 0 aliphatic carbocycles. The molecule has 0 aliphatic heterocycles. The van der Waals surface area contributed by atoms with E-state index in [2.05, 4.69) is 13.0 Å². The molecule has 0 heterocycles. The van der Waals surface area contributed by atoms with Gasteiger partial charge in [-0.3, -0.25) is 0 Å². The Morgan fingerprint density at radius 3 is 2.67 bits per heavy atom. The van der Waals surface area contributed by atoms with Crippen LogP contribution in [0.2, 0.25) is 0 Å². The highest BCUT2D eigenvalue weighted by Crippen LogP contribution is 2.02. The van der Waals surface area contributed by atoms with Crippen molar-refractivity contribution in [2.45, 2.75) is 26.2 Å². The molecule has 1 heteroatoms. The molecule has 1 aromatic carbocycles. The molecule has 0 amide bonds. The van der Waals surface area contributed by atoms with E-state index < -0.39 is 0 Å². The average molecular weight is 160 g/mol. The average Bonchev–Trinajstić information content (AvgIpc) is 2.06. The van der Waals surface area contributed by atoms with E-state index in [1.165, 1.54) is 5.56 Å². The quantitative estimate of drug-likeness (QED) is 0.655. The lowest BCUT2D eigenvalue weighted by Crippen LogP contribution is -2.00. The molecule has 12 heavy (non-hydrogen) atoms. The molecule has 63 valence electrons. The topological polar surface area (TPSA) is 23.9 Å². The zero-order valence-corrected chi connectivity index (χ0v) is 7.43. The van der Waals surface area contributed by atoms with E-state index in [9.17, 15) is 0 Å². The van der Waals surface area contributed by atoms with Crippen LogP contribution in [0.3, 0.4) is 0 Å². The molecule has 0 fully saturated rings. The van der Waals surface area contributed by atoms with E-state index in [1.807, 2.05) is 24.3 Å². The second-order valence-electron chi connectivity index (χ2n) is 2.94. The second kappa shape index (κ2) is 4.70. The first kappa shape index (κ1) is 8.98. The minimum atomic E-state index is 0.794. The highest BCUT2D eigenvalue weighted by atomic mass is 14.4. The van der Waals surface area contributed by atoms with Crippen molar-refractivity contribution < 1.29 is 0 Å². The maximum atomic E-state index is 7.62. The highest BCUT2D eigenvalue weighted by molar-refractivity contribution is 5.83. The van der Waals surface area contributed by atoms with E-state index in [1.54, 1.807) is 0 Å². The molecule has 0 bridgehead atoms. The fourth-order valence-corrected chi connectivity index (χ4v) is 1.18. The van der Waals surface area contributed by atoms with E-state index in [0.29, 0.717) is 0 Å². The van der Waals surface area contributed by atoms with Gasteiger partial charge in [-0.2, -0.15) is 0 Å². The van der Waals surface area contributed by atoms with Gasteiger partial charge in [-0.15, -0.1) is 0 Å². The largest absolute Gasteiger partial charge is 0.309 e. The van der Waals surface area contributed by atoms with Crippen LogP contribution in [0.5, 0.6) is 0 Å². The van der Waals surface area contributed by atoms with Gasteiger partial charge in [0.1, 0.15) is 0 Å². The first-order chi connectivity index (χ1) is 5.83. The summed E-state index contributed by atoms with van der Waals surface area (Å²) in [7, 11) is 0. The summed E-state index contributed by atoms with van der Waals surface area (Å²) in [5.41, 5.74) is 2.04. The number of benzene rings is 1. The standard InChI is InChI=1S/C11H14N/c1-2-6-11(12)9-10-7-4-3-5-8-10/h4-5,7-8,12H,2,6,9H2,1H3. The van der Waals surface area contributed by atoms with Crippen LogP contribution in [-0.4, -0.2) is 5.71 Å². The zero-order valence-electron chi connectivity index (χ0n) is 7.43. The molecule has 0 aliphatic rings. The number of rotatable bonds is 4. The Morgan fingerprint density at radius 1 is 1.42 bits per heavy atom. The summed E-state index contributed by atoms with van der Waals surface area (Å²) in [6, 6.07) is 10.8. The van der Waals surface area contributed by atoms with Crippen LogP contribution in [0, 0.1) is 11.5 Å². The first-order valence-corrected chi connectivity index (χ1v) is 4.34. The summed E-state index contributed by atoms with van der Waals surface area (Å²) in [5.74, 6) is 0. The lowest BCUT2D eigenvalue weighted by atomic mass is 10.1. The SMILES string of the molecule is CCCC(=N)Cc1cc[c]cc1. The van der Waals surface area contributed by atoms with Crippen LogP contribution >= 0.6 is 0 Å². The Kier molecular flexibility index (Phi) is 3.52. The molecule has 1 radical (unpaired) electrons. The smallest absolute Gasteiger partial charge is 0.0133 e. The van der Waals surface area contributed by atoms with Crippen LogP contribution < -0.4 is 0 Å². The summed E-state index contributed by atoms with van der Waals surface area (Å²) in [6.45, 7) is 2.10. The molecule has 0 spiro atoms. The molecule has 1 N–H and O–H groups in total. The Morgan fingerprint density at radius 2 is 2.08 bits per heavy atom. The highest BCUT2D eigenvalue weighted by Gasteiger charge is 1.96. The predicted octanol–water partition coefficient (Wildman–Crippen LogP) is 2.85. The van der Waals surface area contributed by atoms with Gasteiger partial charge in [-0.1, -0.05) is 37.6 Å². The van der Waals surface area contributed by atoms with Gasteiger partial charge in [0.05, 0.1) is 0 Å². The van der Waals surface area contributed by atoms with Gasteiger partial charge in [0.15, 0.2) is 0 Å². The fourth-order valence-electron chi connectivity index (χ4n) is 1.18. The van der Waals surface area contributed by atoms with Crippen molar-refractivity contribution in [3.8, 4) is 0 Å². The molecular formula is C11H14N. The van der Waals surface area contributed by atoms with Crippen LogP contribution in [-0.2, 0) is 6.42 Å². The van der Waals surface area contributed by atoms with Crippen molar-refractivity contribution in [3.63, 3.8) is 0 Å². The first-order valence-electron chi connectivity index (χ1n) is 4.34. The minimum absolute atomic E-state index is 0.794. The molecule has 0 saturated heterocycles. The van der Waals surface area contributed by atoms with Gasteiger partial charge in [0.2, 0.25) is 0 Å². The predicted molar refractivity (Wildman–Crippen MR) is 51.6 cm³/mol. The van der Waals surface area contributed by atoms with E-state index in [-0.39, 0.29) is 0 Å². The number of hydrogen-bond acceptors (Lipinski definition) is 1. The van der Waals surface area contributed by atoms with E-state index >= 15 is 0 Å². The molecule has 0 unspecified atom stereocenters. The van der Waals surface area contributed by atoms with Crippen molar-refractivity contribution in [2.75, 3.05) is 0 Å². The fraction of sp³-hybridized carbons (Fsp3) is 0.364. The Hall–Kier alpha value is -1.11. The molecule has 0 aromatic heterocycles. The van der Waals surface area contributed by atoms with Crippen molar-refractivity contribution in [3.05, 3.63) is 35.9 Å². The van der Waals surface area contributed by atoms with Gasteiger partial charge in [-0.05, 0) is 18.1 Å². The van der Waals surface area contributed by atoms with E-state index in [4.69, 9.17) is 5.41 Å². The molecule has 0 saturated carbocycles. The van der Waals surface area contributed by atoms with Crippen LogP contribution in [0.15, 0.2) is 24.3 Å². The van der Waals surface area contributed by atoms with Crippen molar-refractivity contribution in [2.24, 2.45) is 0 Å². The zero-order chi connectivity index (χ0) is 8.81. The van der Waals surface area contributed by atoms with Crippen molar-refractivity contribution >= 4 is 5.71 Å². The molecular weight excluding hydrogens is 146 g/mol. The summed E-state index contributed by atoms with van der Waals surface area (Å²) < 4.78 is 0. The van der Waals surface area contributed by atoms with Crippen LogP contribution in [0.4, 0.5) is 0 Å². The molecule has 0 atom stereocenters. The van der Waals surface area contributed by atoms with Crippen molar-refractivity contribution in [1.29, 1.82) is 5.41 Å². The Labute approximate surface area is 73.9 Å². The van der Waals surface area contributed by atoms with Crippen molar-refractivity contribution in [1.82, 2.24) is 0 Å². The normalized spacial score (nSPS) is 9.75. The summed E-state index contributed by atoms with van der Waals surface area (Å²) in [4.78, 5) is 0. The summed E-state index contributed by atoms with van der Waals surface area (Å²) in [6.07, 6.45) is 2.78. The Bertz CT molecular complexity index is 238. The van der Waals surface area contributed by atoms with Gasteiger partial charge in [-0.25, -0.2) is 0 Å². The maximum Gasteiger partial charge on any atom is 0.0133 e. The second-order valence-corrected chi connectivity index (χ2v) is 2.94. The third-order valence-electron chi connectivity index (χ3n) is 1.76. The van der Waals surface area contributed by atoms with Gasteiger partial charge < -0.3 is 5.41 Å². The minimum Gasteiger partial charge on any atom is -0.309 e. The molecule has 1 aromatic rings. The third-order valence-corrected chi connectivity index (χ3v) is 1.76. The lowest BCUT2D eigenvalue weighted by molar-refractivity contribution is 0.965. The van der Waals surface area contributed by atoms with Gasteiger partial charge in [0, 0.05) is 12.1 Å². The van der Waals surface area contributed by atoms with Gasteiger partial charge in [0.25, 0.3) is 0 Å². The number of nitrogens with one attached hydrogen (secondary N) is 1. The van der Waals surface area contributed by atoms with Crippen LogP contribution in [0.1, 0.15) is 25.3 Å². The molecule has 1 rings (SSSR count). The summed E-state index contributed by atoms with van der Waals surface area (Å²) >= 11 is 0. The molecule has 1 nitrogen and oxygen atoms in total. The van der Waals surface area contributed by atoms with Crippen LogP contribution in [0.25, 0.3) is 0 Å².